The third-order valence-corrected chi connectivity index (χ3v) is 4.85. The molecule has 4 N–H and O–H groups in total. The maximum absolute atomic E-state index is 11.4. The molecule has 1 aromatic carbocycles. The Morgan fingerprint density at radius 2 is 2.27 bits per heavy atom. The lowest BCUT2D eigenvalue weighted by Crippen LogP contribution is -2.38. The molecule has 0 amide bonds. The van der Waals surface area contributed by atoms with E-state index in [1.165, 1.54) is 0 Å². The van der Waals surface area contributed by atoms with Gasteiger partial charge in [-0.2, -0.15) is 0 Å². The summed E-state index contributed by atoms with van der Waals surface area (Å²) in [6.45, 7) is 1.91. The molecule has 1 fully saturated rings. The van der Waals surface area contributed by atoms with Gasteiger partial charge in [0, 0.05) is 29.7 Å². The first-order chi connectivity index (χ1) is 12.6. The first-order valence-electron chi connectivity index (χ1n) is 8.47. The fourth-order valence-electron chi connectivity index (χ4n) is 3.31. The molecule has 1 aliphatic heterocycles. The van der Waals surface area contributed by atoms with E-state index in [4.69, 9.17) is 11.6 Å². The van der Waals surface area contributed by atoms with Crippen LogP contribution in [-0.4, -0.2) is 45.2 Å². The van der Waals surface area contributed by atoms with Gasteiger partial charge in [-0.25, -0.2) is 14.8 Å². The van der Waals surface area contributed by atoms with Gasteiger partial charge < -0.3 is 20.7 Å². The van der Waals surface area contributed by atoms with Crippen LogP contribution >= 0.6 is 11.6 Å². The van der Waals surface area contributed by atoms with Crippen molar-refractivity contribution >= 4 is 34.4 Å². The molecule has 0 radical (unpaired) electrons. The topological polar surface area (TPSA) is 103 Å². The van der Waals surface area contributed by atoms with E-state index < -0.39 is 5.97 Å². The molecule has 1 aliphatic rings. The van der Waals surface area contributed by atoms with Crippen molar-refractivity contribution in [3.8, 4) is 11.3 Å². The summed E-state index contributed by atoms with van der Waals surface area (Å²) in [5.41, 5.74) is 2.09. The lowest BCUT2D eigenvalue weighted by atomic mass is 10.1. The van der Waals surface area contributed by atoms with Crippen molar-refractivity contribution in [1.82, 2.24) is 20.3 Å². The largest absolute Gasteiger partial charge is 0.478 e. The average Bonchev–Trinajstić information content (AvgIpc) is 3.08. The monoisotopic (exact) mass is 371 g/mol. The van der Waals surface area contributed by atoms with Crippen molar-refractivity contribution in [2.75, 3.05) is 18.4 Å². The summed E-state index contributed by atoms with van der Waals surface area (Å²) >= 11 is 6.34. The van der Waals surface area contributed by atoms with Crippen molar-refractivity contribution < 1.29 is 9.90 Å². The van der Waals surface area contributed by atoms with Gasteiger partial charge in [-0.15, -0.1) is 0 Å². The zero-order valence-electron chi connectivity index (χ0n) is 13.9. The molecule has 8 heteroatoms. The SMILES string of the molecule is O=C(O)c1cccc2c(-c3nc(N[C@H]4CCCNC4)ncc3Cl)c[nH]c12. The van der Waals surface area contributed by atoms with E-state index in [0.29, 0.717) is 22.2 Å². The summed E-state index contributed by atoms with van der Waals surface area (Å²) in [5, 5.41) is 17.2. The first-order valence-corrected chi connectivity index (χ1v) is 8.85. The third-order valence-electron chi connectivity index (χ3n) is 4.58. The number of aromatic nitrogens is 3. The Morgan fingerprint density at radius 1 is 1.38 bits per heavy atom. The number of hydrogen-bond donors (Lipinski definition) is 4. The Balaban J connectivity index is 1.73. The molecule has 0 saturated carbocycles. The van der Waals surface area contributed by atoms with Crippen molar-refractivity contribution in [3.63, 3.8) is 0 Å². The fourth-order valence-corrected chi connectivity index (χ4v) is 3.50. The summed E-state index contributed by atoms with van der Waals surface area (Å²) < 4.78 is 0. The summed E-state index contributed by atoms with van der Waals surface area (Å²) in [6.07, 6.45) is 5.47. The number of para-hydroxylation sites is 1. The van der Waals surface area contributed by atoms with Crippen LogP contribution in [0.25, 0.3) is 22.2 Å². The number of H-pyrrole nitrogens is 1. The van der Waals surface area contributed by atoms with Gasteiger partial charge in [0.15, 0.2) is 0 Å². The number of piperidine rings is 1. The molecule has 0 bridgehead atoms. The first kappa shape index (κ1) is 16.8. The highest BCUT2D eigenvalue weighted by molar-refractivity contribution is 6.33. The summed E-state index contributed by atoms with van der Waals surface area (Å²) in [4.78, 5) is 23.3. The minimum atomic E-state index is -0.982. The van der Waals surface area contributed by atoms with E-state index in [1.807, 2.05) is 6.07 Å². The number of nitrogens with one attached hydrogen (secondary N) is 3. The predicted molar refractivity (Wildman–Crippen MR) is 101 cm³/mol. The maximum atomic E-state index is 11.4. The highest BCUT2D eigenvalue weighted by atomic mass is 35.5. The smallest absolute Gasteiger partial charge is 0.337 e. The highest BCUT2D eigenvalue weighted by Gasteiger charge is 2.18. The molecular weight excluding hydrogens is 354 g/mol. The number of nitrogens with zero attached hydrogens (tertiary/aromatic N) is 2. The predicted octanol–water partition coefficient (Wildman–Crippen LogP) is 3.14. The van der Waals surface area contributed by atoms with Gasteiger partial charge in [0.2, 0.25) is 5.95 Å². The summed E-state index contributed by atoms with van der Waals surface area (Å²) in [7, 11) is 0. The highest BCUT2D eigenvalue weighted by Crippen LogP contribution is 2.33. The Bertz CT molecular complexity index is 965. The van der Waals surface area contributed by atoms with Gasteiger partial charge in [0.25, 0.3) is 0 Å². The van der Waals surface area contributed by atoms with Gasteiger partial charge >= 0.3 is 5.97 Å². The third kappa shape index (κ3) is 3.11. The molecule has 26 heavy (non-hydrogen) atoms. The minimum absolute atomic E-state index is 0.213. The van der Waals surface area contributed by atoms with E-state index >= 15 is 0 Å². The van der Waals surface area contributed by atoms with Crippen molar-refractivity contribution in [2.45, 2.75) is 18.9 Å². The molecule has 2 aromatic heterocycles. The minimum Gasteiger partial charge on any atom is -0.478 e. The van der Waals surface area contributed by atoms with Gasteiger partial charge in [-0.1, -0.05) is 23.7 Å². The quantitative estimate of drug-likeness (QED) is 0.562. The average molecular weight is 372 g/mol. The molecule has 134 valence electrons. The van der Waals surface area contributed by atoms with Crippen LogP contribution < -0.4 is 10.6 Å². The fraction of sp³-hybridized carbons (Fsp3) is 0.278. The van der Waals surface area contributed by atoms with Crippen LogP contribution in [0.1, 0.15) is 23.2 Å². The molecule has 3 aromatic rings. The number of hydrogen-bond acceptors (Lipinski definition) is 5. The van der Waals surface area contributed by atoms with Crippen molar-refractivity contribution in [1.29, 1.82) is 0 Å². The Labute approximate surface area is 154 Å². The van der Waals surface area contributed by atoms with Crippen molar-refractivity contribution in [2.24, 2.45) is 0 Å². The number of carboxylic acids is 1. The number of fused-ring (bicyclic) bond motifs is 1. The molecule has 3 heterocycles. The zero-order chi connectivity index (χ0) is 18.1. The second kappa shape index (κ2) is 6.93. The number of rotatable bonds is 4. The van der Waals surface area contributed by atoms with Crippen molar-refractivity contribution in [3.05, 3.63) is 41.2 Å². The van der Waals surface area contributed by atoms with Crippen LogP contribution in [0.5, 0.6) is 0 Å². The second-order valence-corrected chi connectivity index (χ2v) is 6.72. The van der Waals surface area contributed by atoms with Crippen LogP contribution in [0.15, 0.2) is 30.6 Å². The molecule has 7 nitrogen and oxygen atoms in total. The van der Waals surface area contributed by atoms with Crippen LogP contribution in [0.3, 0.4) is 0 Å². The number of aromatic carboxylic acids is 1. The van der Waals surface area contributed by atoms with Gasteiger partial charge in [-0.3, -0.25) is 0 Å². The number of carbonyl (C=O) groups is 1. The summed E-state index contributed by atoms with van der Waals surface area (Å²) in [5.74, 6) is -0.466. The second-order valence-electron chi connectivity index (χ2n) is 6.31. The molecule has 1 saturated heterocycles. The molecular formula is C18H18ClN5O2. The van der Waals surface area contributed by atoms with Crippen LogP contribution in [0.4, 0.5) is 5.95 Å². The zero-order valence-corrected chi connectivity index (χ0v) is 14.7. The molecule has 1 atom stereocenters. The van der Waals surface area contributed by atoms with Gasteiger partial charge in [0.05, 0.1) is 28.0 Å². The summed E-state index contributed by atoms with van der Waals surface area (Å²) in [6, 6.07) is 5.41. The molecule has 0 unspecified atom stereocenters. The van der Waals surface area contributed by atoms with Crippen LogP contribution in [0, 0.1) is 0 Å². The normalized spacial score (nSPS) is 17.3. The Hall–Kier alpha value is -2.64. The van der Waals surface area contributed by atoms with Crippen LogP contribution in [0.2, 0.25) is 5.02 Å². The lowest BCUT2D eigenvalue weighted by molar-refractivity contribution is 0.0699. The van der Waals surface area contributed by atoms with E-state index in [0.717, 1.165) is 36.9 Å². The molecule has 4 rings (SSSR count). The number of aromatic amines is 1. The molecule has 0 aliphatic carbocycles. The Morgan fingerprint density at radius 3 is 3.04 bits per heavy atom. The van der Waals surface area contributed by atoms with E-state index in [-0.39, 0.29) is 11.6 Å². The van der Waals surface area contributed by atoms with E-state index in [9.17, 15) is 9.90 Å². The van der Waals surface area contributed by atoms with Gasteiger partial charge in [0.1, 0.15) is 0 Å². The lowest BCUT2D eigenvalue weighted by Gasteiger charge is -2.23. The standard InChI is InChI=1S/C18H18ClN5O2/c19-14-9-22-18(23-10-3-2-6-20-7-10)24-16(14)13-8-21-15-11(13)4-1-5-12(15)17(25)26/h1,4-5,8-10,20-21H,2-3,6-7H2,(H,25,26)(H,22,23,24)/t10-/m0/s1. The number of halogens is 1. The van der Waals surface area contributed by atoms with Crippen LogP contribution in [-0.2, 0) is 0 Å². The van der Waals surface area contributed by atoms with Gasteiger partial charge in [-0.05, 0) is 25.5 Å². The Kier molecular flexibility index (Phi) is 4.48. The van der Waals surface area contributed by atoms with E-state index in [1.54, 1.807) is 24.5 Å². The molecule has 0 spiro atoms. The van der Waals surface area contributed by atoms with E-state index in [2.05, 4.69) is 25.6 Å². The number of carboxylic acid groups (broad SMARTS) is 1. The number of benzene rings is 1. The number of anilines is 1. The maximum Gasteiger partial charge on any atom is 0.337 e.